The normalized spacial score (nSPS) is 28.0. The number of hydrogen-bond donors (Lipinski definition) is 1. The third kappa shape index (κ3) is 2.20. The summed E-state index contributed by atoms with van der Waals surface area (Å²) in [6.45, 7) is 1.81. The first-order valence-electron chi connectivity index (χ1n) is 6.22. The van der Waals surface area contributed by atoms with Crippen LogP contribution in [0.15, 0.2) is 30.3 Å². The summed E-state index contributed by atoms with van der Waals surface area (Å²) < 4.78 is 5.68. The van der Waals surface area contributed by atoms with Crippen LogP contribution in [0.3, 0.4) is 0 Å². The van der Waals surface area contributed by atoms with Gasteiger partial charge < -0.3 is 10.5 Å². The van der Waals surface area contributed by atoms with E-state index in [1.807, 2.05) is 37.3 Å². The third-order valence-electron chi connectivity index (χ3n) is 3.51. The van der Waals surface area contributed by atoms with Crippen molar-refractivity contribution in [3.8, 4) is 0 Å². The molecule has 92 valence electrons. The fraction of sp³-hybridized carbons (Fsp3) is 0.500. The van der Waals surface area contributed by atoms with E-state index in [1.54, 1.807) is 0 Å². The van der Waals surface area contributed by atoms with Crippen molar-refractivity contribution in [3.05, 3.63) is 35.9 Å². The smallest absolute Gasteiger partial charge is 0.306 e. The molecular weight excluding hydrogens is 214 g/mol. The Hall–Kier alpha value is -1.35. The minimum absolute atomic E-state index is 0.0969. The fourth-order valence-electron chi connectivity index (χ4n) is 2.54. The molecule has 0 heterocycles. The number of ether oxygens (including phenoxy) is 1. The number of benzene rings is 1. The van der Waals surface area contributed by atoms with Gasteiger partial charge in [-0.3, -0.25) is 4.79 Å². The van der Waals surface area contributed by atoms with Crippen molar-refractivity contribution in [1.29, 1.82) is 0 Å². The molecule has 0 radical (unpaired) electrons. The van der Waals surface area contributed by atoms with Gasteiger partial charge in [0.15, 0.2) is 5.60 Å². The number of esters is 1. The Bertz CT molecular complexity index is 390. The van der Waals surface area contributed by atoms with Gasteiger partial charge in [-0.2, -0.15) is 0 Å². The van der Waals surface area contributed by atoms with Gasteiger partial charge in [-0.05, 0) is 24.8 Å². The Morgan fingerprint density at radius 3 is 2.71 bits per heavy atom. The van der Waals surface area contributed by atoms with Crippen LogP contribution in [0, 0.1) is 0 Å². The van der Waals surface area contributed by atoms with Gasteiger partial charge in [0.25, 0.3) is 0 Å². The summed E-state index contributed by atoms with van der Waals surface area (Å²) in [6, 6.07) is 9.77. The van der Waals surface area contributed by atoms with Gasteiger partial charge in [-0.15, -0.1) is 0 Å². The second kappa shape index (κ2) is 4.88. The van der Waals surface area contributed by atoms with Crippen LogP contribution < -0.4 is 5.73 Å². The maximum atomic E-state index is 11.6. The summed E-state index contributed by atoms with van der Waals surface area (Å²) in [5.74, 6) is -0.175. The van der Waals surface area contributed by atoms with E-state index >= 15 is 0 Å². The van der Waals surface area contributed by atoms with Crippen LogP contribution in [0.25, 0.3) is 0 Å². The molecule has 1 fully saturated rings. The summed E-state index contributed by atoms with van der Waals surface area (Å²) >= 11 is 0. The van der Waals surface area contributed by atoms with E-state index in [0.29, 0.717) is 6.42 Å². The molecule has 2 unspecified atom stereocenters. The molecule has 3 nitrogen and oxygen atoms in total. The Balaban J connectivity index is 2.34. The minimum atomic E-state index is -0.603. The molecule has 1 aromatic rings. The Kier molecular flexibility index (Phi) is 3.48. The van der Waals surface area contributed by atoms with Crippen LogP contribution in [0.4, 0.5) is 0 Å². The highest BCUT2D eigenvalue weighted by molar-refractivity contribution is 5.70. The van der Waals surface area contributed by atoms with Crippen molar-refractivity contribution < 1.29 is 9.53 Å². The van der Waals surface area contributed by atoms with Crippen LogP contribution in [0.2, 0.25) is 0 Å². The van der Waals surface area contributed by atoms with Crippen LogP contribution in [0.5, 0.6) is 0 Å². The molecule has 3 heteroatoms. The Morgan fingerprint density at radius 2 is 2.18 bits per heavy atom. The highest BCUT2D eigenvalue weighted by Crippen LogP contribution is 2.41. The van der Waals surface area contributed by atoms with Crippen LogP contribution in [0.1, 0.15) is 38.2 Å². The van der Waals surface area contributed by atoms with Crippen molar-refractivity contribution in [3.63, 3.8) is 0 Å². The number of rotatable bonds is 3. The average molecular weight is 233 g/mol. The zero-order valence-electron chi connectivity index (χ0n) is 10.2. The van der Waals surface area contributed by atoms with Crippen molar-refractivity contribution in [2.45, 2.75) is 44.2 Å². The van der Waals surface area contributed by atoms with E-state index in [4.69, 9.17) is 10.5 Å². The molecule has 0 bridgehead atoms. The first kappa shape index (κ1) is 12.1. The average Bonchev–Trinajstić information content (AvgIpc) is 2.73. The topological polar surface area (TPSA) is 52.3 Å². The molecule has 0 aliphatic heterocycles. The molecule has 0 aromatic heterocycles. The molecule has 0 saturated heterocycles. The van der Waals surface area contributed by atoms with E-state index < -0.39 is 5.60 Å². The van der Waals surface area contributed by atoms with E-state index in [0.717, 1.165) is 24.8 Å². The highest BCUT2D eigenvalue weighted by atomic mass is 16.6. The van der Waals surface area contributed by atoms with Crippen molar-refractivity contribution in [2.24, 2.45) is 5.73 Å². The maximum Gasteiger partial charge on any atom is 0.306 e. The Labute approximate surface area is 102 Å². The van der Waals surface area contributed by atoms with Gasteiger partial charge in [0, 0.05) is 12.5 Å². The van der Waals surface area contributed by atoms with E-state index in [2.05, 4.69) is 0 Å². The number of hydrogen-bond acceptors (Lipinski definition) is 3. The van der Waals surface area contributed by atoms with Crippen molar-refractivity contribution >= 4 is 5.97 Å². The largest absolute Gasteiger partial charge is 0.452 e. The number of carbonyl (C=O) groups is 1. The monoisotopic (exact) mass is 233 g/mol. The molecule has 1 aliphatic rings. The molecule has 2 N–H and O–H groups in total. The quantitative estimate of drug-likeness (QED) is 0.815. The predicted octanol–water partition coefficient (Wildman–Crippen LogP) is 2.35. The molecular formula is C14H19NO2. The lowest BCUT2D eigenvalue weighted by Crippen LogP contribution is -2.44. The SMILES string of the molecule is CCC(=O)OC1(c2ccccc2)CCCC1N. The lowest BCUT2D eigenvalue weighted by Gasteiger charge is -2.33. The van der Waals surface area contributed by atoms with E-state index in [-0.39, 0.29) is 12.0 Å². The molecule has 1 aromatic carbocycles. The summed E-state index contributed by atoms with van der Waals surface area (Å²) in [5, 5.41) is 0. The van der Waals surface area contributed by atoms with Gasteiger partial charge in [-0.25, -0.2) is 0 Å². The minimum Gasteiger partial charge on any atom is -0.452 e. The summed E-state index contributed by atoms with van der Waals surface area (Å²) in [4.78, 5) is 11.6. The molecule has 0 spiro atoms. The molecule has 2 rings (SSSR count). The Morgan fingerprint density at radius 1 is 1.47 bits per heavy atom. The fourth-order valence-corrected chi connectivity index (χ4v) is 2.54. The third-order valence-corrected chi connectivity index (χ3v) is 3.51. The molecule has 0 amide bonds. The second-order valence-corrected chi connectivity index (χ2v) is 4.58. The lowest BCUT2D eigenvalue weighted by atomic mass is 9.88. The first-order valence-corrected chi connectivity index (χ1v) is 6.22. The van der Waals surface area contributed by atoms with E-state index in [1.165, 1.54) is 0 Å². The summed E-state index contributed by atoms with van der Waals surface area (Å²) in [7, 11) is 0. The van der Waals surface area contributed by atoms with Gasteiger partial charge >= 0.3 is 5.97 Å². The van der Waals surface area contributed by atoms with Crippen LogP contribution >= 0.6 is 0 Å². The van der Waals surface area contributed by atoms with Crippen molar-refractivity contribution in [2.75, 3.05) is 0 Å². The van der Waals surface area contributed by atoms with Gasteiger partial charge in [0.05, 0.1) is 0 Å². The zero-order chi connectivity index (χ0) is 12.3. The van der Waals surface area contributed by atoms with E-state index in [9.17, 15) is 4.79 Å². The molecule has 17 heavy (non-hydrogen) atoms. The van der Waals surface area contributed by atoms with Crippen LogP contribution in [-0.4, -0.2) is 12.0 Å². The van der Waals surface area contributed by atoms with Crippen molar-refractivity contribution in [1.82, 2.24) is 0 Å². The molecule has 1 aliphatic carbocycles. The number of carbonyl (C=O) groups excluding carboxylic acids is 1. The highest BCUT2D eigenvalue weighted by Gasteiger charge is 2.45. The molecule has 2 atom stereocenters. The summed E-state index contributed by atoms with van der Waals surface area (Å²) in [6.07, 6.45) is 3.13. The zero-order valence-corrected chi connectivity index (χ0v) is 10.2. The van der Waals surface area contributed by atoms with Gasteiger partial charge in [0.1, 0.15) is 0 Å². The maximum absolute atomic E-state index is 11.6. The first-order chi connectivity index (χ1) is 8.19. The van der Waals surface area contributed by atoms with Crippen LogP contribution in [-0.2, 0) is 15.1 Å². The summed E-state index contributed by atoms with van der Waals surface area (Å²) in [5.41, 5.74) is 6.59. The molecule has 1 saturated carbocycles. The standard InChI is InChI=1S/C14H19NO2/c1-2-13(16)17-14(10-6-9-12(14)15)11-7-4-3-5-8-11/h3-5,7-8,12H,2,6,9-10,15H2,1H3. The lowest BCUT2D eigenvalue weighted by molar-refractivity contribution is -0.161. The second-order valence-electron chi connectivity index (χ2n) is 4.58. The van der Waals surface area contributed by atoms with Gasteiger partial charge in [-0.1, -0.05) is 37.3 Å². The van der Waals surface area contributed by atoms with Gasteiger partial charge in [0.2, 0.25) is 0 Å². The predicted molar refractivity (Wildman–Crippen MR) is 66.3 cm³/mol. The number of nitrogens with two attached hydrogens (primary N) is 1.